The Balaban J connectivity index is 1.86. The zero-order chi connectivity index (χ0) is 30.8. The molecule has 3 rings (SSSR count). The summed E-state index contributed by atoms with van der Waals surface area (Å²) in [5, 5.41) is 19.0. The van der Waals surface area contributed by atoms with E-state index in [0.717, 1.165) is 22.0 Å². The Labute approximate surface area is 246 Å². The van der Waals surface area contributed by atoms with Crippen LogP contribution in [0.5, 0.6) is 0 Å². The average molecular weight is 578 g/mol. The highest BCUT2D eigenvalue weighted by Gasteiger charge is 2.31. The van der Waals surface area contributed by atoms with Crippen LogP contribution in [0.4, 0.5) is 0 Å². The average Bonchev–Trinajstić information content (AvgIpc) is 3.34. The van der Waals surface area contributed by atoms with Crippen molar-refractivity contribution in [2.24, 2.45) is 17.6 Å². The minimum Gasteiger partial charge on any atom is -0.480 e. The number of nitrogens with one attached hydrogen (secondary N) is 4. The van der Waals surface area contributed by atoms with Crippen LogP contribution in [0.1, 0.15) is 51.7 Å². The van der Waals surface area contributed by atoms with Gasteiger partial charge in [-0.2, -0.15) is 0 Å². The summed E-state index contributed by atoms with van der Waals surface area (Å²) in [4.78, 5) is 55.3. The molecule has 0 spiro atoms. The number of fused-ring (bicyclic) bond motifs is 1. The fourth-order valence-corrected chi connectivity index (χ4v) is 4.92. The Morgan fingerprint density at radius 3 is 1.95 bits per heavy atom. The van der Waals surface area contributed by atoms with Gasteiger partial charge in [-0.15, -0.1) is 0 Å². The summed E-state index contributed by atoms with van der Waals surface area (Å²) < 4.78 is 0. The van der Waals surface area contributed by atoms with E-state index < -0.39 is 47.9 Å². The number of rotatable bonds is 15. The standard InChI is InChI=1S/C32H43N5O5/c1-19(2)14-24(33)29(38)35-26(15-20(3)4)30(39)36-27(17-22-18-34-25-13-9-8-12-23(22)25)31(40)37-28(32(41)42)16-21-10-6-5-7-11-21/h5-13,18-20,24,26-28,34H,14-17,33H2,1-4H3,(H,35,38)(H,36,39)(H,37,40)(H,41,42). The summed E-state index contributed by atoms with van der Waals surface area (Å²) in [7, 11) is 0. The molecule has 0 aliphatic heterocycles. The van der Waals surface area contributed by atoms with Gasteiger partial charge < -0.3 is 31.8 Å². The molecule has 4 atom stereocenters. The fourth-order valence-electron chi connectivity index (χ4n) is 4.92. The number of nitrogens with two attached hydrogens (primary N) is 1. The van der Waals surface area contributed by atoms with Gasteiger partial charge in [0.2, 0.25) is 17.7 Å². The van der Waals surface area contributed by atoms with Crippen molar-refractivity contribution in [1.29, 1.82) is 0 Å². The number of carbonyl (C=O) groups is 4. The van der Waals surface area contributed by atoms with E-state index in [1.54, 1.807) is 30.5 Å². The molecular weight excluding hydrogens is 534 g/mol. The molecule has 10 nitrogen and oxygen atoms in total. The summed E-state index contributed by atoms with van der Waals surface area (Å²) >= 11 is 0. The van der Waals surface area contributed by atoms with E-state index in [-0.39, 0.29) is 24.7 Å². The van der Waals surface area contributed by atoms with Crippen LogP contribution in [-0.2, 0) is 32.0 Å². The third-order valence-corrected chi connectivity index (χ3v) is 7.03. The van der Waals surface area contributed by atoms with E-state index in [9.17, 15) is 24.3 Å². The van der Waals surface area contributed by atoms with Crippen molar-refractivity contribution in [2.45, 2.75) is 77.5 Å². The molecule has 0 saturated carbocycles. The molecule has 42 heavy (non-hydrogen) atoms. The summed E-state index contributed by atoms with van der Waals surface area (Å²) in [5.41, 5.74) is 8.47. The summed E-state index contributed by atoms with van der Waals surface area (Å²) in [6.45, 7) is 7.78. The maximum absolute atomic E-state index is 13.6. The number of aliphatic carboxylic acids is 1. The first kappa shape index (κ1) is 32.3. The number of para-hydroxylation sites is 1. The summed E-state index contributed by atoms with van der Waals surface area (Å²) in [5.74, 6) is -2.54. The molecule has 0 aliphatic carbocycles. The Bertz CT molecular complexity index is 1350. The molecular formula is C32H43N5O5. The van der Waals surface area contributed by atoms with Crippen molar-refractivity contribution in [3.8, 4) is 0 Å². The van der Waals surface area contributed by atoms with Gasteiger partial charge in [-0.3, -0.25) is 14.4 Å². The second-order valence-corrected chi connectivity index (χ2v) is 11.6. The van der Waals surface area contributed by atoms with Crippen LogP contribution < -0.4 is 21.7 Å². The molecule has 3 amide bonds. The van der Waals surface area contributed by atoms with Gasteiger partial charge in [0.05, 0.1) is 6.04 Å². The van der Waals surface area contributed by atoms with Crippen LogP contribution in [0.25, 0.3) is 10.9 Å². The second-order valence-electron chi connectivity index (χ2n) is 11.6. The van der Waals surface area contributed by atoms with Crippen LogP contribution in [0, 0.1) is 11.8 Å². The monoisotopic (exact) mass is 577 g/mol. The third-order valence-electron chi connectivity index (χ3n) is 7.03. The van der Waals surface area contributed by atoms with Gasteiger partial charge in [0.1, 0.15) is 18.1 Å². The maximum atomic E-state index is 13.6. The Morgan fingerprint density at radius 1 is 0.738 bits per heavy atom. The smallest absolute Gasteiger partial charge is 0.326 e. The van der Waals surface area contributed by atoms with Crippen molar-refractivity contribution in [3.63, 3.8) is 0 Å². The number of hydrogen-bond donors (Lipinski definition) is 6. The van der Waals surface area contributed by atoms with Crippen LogP contribution >= 0.6 is 0 Å². The van der Waals surface area contributed by atoms with Gasteiger partial charge in [0.15, 0.2) is 0 Å². The Hall–Kier alpha value is -4.18. The van der Waals surface area contributed by atoms with Gasteiger partial charge >= 0.3 is 5.97 Å². The highest BCUT2D eigenvalue weighted by molar-refractivity contribution is 5.95. The number of benzene rings is 2. The molecule has 226 valence electrons. The molecule has 0 radical (unpaired) electrons. The minimum atomic E-state index is -1.21. The molecule has 7 N–H and O–H groups in total. The van der Waals surface area contributed by atoms with Gasteiger partial charge in [-0.1, -0.05) is 76.2 Å². The summed E-state index contributed by atoms with van der Waals surface area (Å²) in [6, 6.07) is 12.6. The van der Waals surface area contributed by atoms with Gasteiger partial charge in [-0.25, -0.2) is 4.79 Å². The first-order valence-electron chi connectivity index (χ1n) is 14.4. The zero-order valence-corrected chi connectivity index (χ0v) is 24.7. The van der Waals surface area contributed by atoms with E-state index in [0.29, 0.717) is 12.8 Å². The van der Waals surface area contributed by atoms with Crippen molar-refractivity contribution in [1.82, 2.24) is 20.9 Å². The van der Waals surface area contributed by atoms with Crippen LogP contribution in [0.2, 0.25) is 0 Å². The van der Waals surface area contributed by atoms with Gasteiger partial charge in [0.25, 0.3) is 0 Å². The van der Waals surface area contributed by atoms with E-state index in [2.05, 4.69) is 20.9 Å². The molecule has 0 bridgehead atoms. The number of carboxylic acids is 1. The first-order valence-corrected chi connectivity index (χ1v) is 14.4. The van der Waals surface area contributed by atoms with Crippen molar-refractivity contribution in [2.75, 3.05) is 0 Å². The van der Waals surface area contributed by atoms with Crippen LogP contribution in [0.15, 0.2) is 60.8 Å². The van der Waals surface area contributed by atoms with Crippen LogP contribution in [-0.4, -0.2) is 57.9 Å². The lowest BCUT2D eigenvalue weighted by molar-refractivity contribution is -0.142. The molecule has 0 saturated heterocycles. The predicted molar refractivity (Wildman–Crippen MR) is 162 cm³/mol. The number of H-pyrrole nitrogens is 1. The van der Waals surface area contributed by atoms with Crippen molar-refractivity contribution in [3.05, 3.63) is 71.9 Å². The minimum absolute atomic E-state index is 0.0607. The van der Waals surface area contributed by atoms with Crippen LogP contribution in [0.3, 0.4) is 0 Å². The highest BCUT2D eigenvalue weighted by Crippen LogP contribution is 2.20. The van der Waals surface area contributed by atoms with E-state index >= 15 is 0 Å². The molecule has 3 aromatic rings. The molecule has 4 unspecified atom stereocenters. The van der Waals surface area contributed by atoms with E-state index in [1.165, 1.54) is 0 Å². The third kappa shape index (κ3) is 9.44. The number of amides is 3. The molecule has 10 heteroatoms. The van der Waals surface area contributed by atoms with E-state index in [1.807, 2.05) is 58.0 Å². The number of aromatic amines is 1. The lowest BCUT2D eigenvalue weighted by Gasteiger charge is -2.26. The van der Waals surface area contributed by atoms with Gasteiger partial charge in [0, 0.05) is 29.9 Å². The fraction of sp³-hybridized carbons (Fsp3) is 0.438. The quantitative estimate of drug-likeness (QED) is 0.162. The molecule has 2 aromatic carbocycles. The van der Waals surface area contributed by atoms with Gasteiger partial charge in [-0.05, 0) is 41.9 Å². The Kier molecular flexibility index (Phi) is 11.7. The number of carbonyl (C=O) groups excluding carboxylic acids is 3. The predicted octanol–water partition coefficient (Wildman–Crippen LogP) is 2.91. The molecule has 1 aromatic heterocycles. The van der Waals surface area contributed by atoms with Crippen molar-refractivity contribution < 1.29 is 24.3 Å². The topological polar surface area (TPSA) is 166 Å². The Morgan fingerprint density at radius 2 is 1.31 bits per heavy atom. The molecule has 0 aliphatic rings. The number of aromatic nitrogens is 1. The lowest BCUT2D eigenvalue weighted by atomic mass is 9.99. The second kappa shape index (κ2) is 15.2. The summed E-state index contributed by atoms with van der Waals surface area (Å²) in [6.07, 6.45) is 2.75. The zero-order valence-electron chi connectivity index (χ0n) is 24.7. The molecule has 1 heterocycles. The number of carboxylic acid groups (broad SMARTS) is 1. The largest absolute Gasteiger partial charge is 0.480 e. The van der Waals surface area contributed by atoms with Crippen molar-refractivity contribution >= 4 is 34.6 Å². The lowest BCUT2D eigenvalue weighted by Crippen LogP contribution is -2.58. The SMILES string of the molecule is CC(C)CC(N)C(=O)NC(CC(C)C)C(=O)NC(Cc1c[nH]c2ccccc12)C(=O)NC(Cc1ccccc1)C(=O)O. The molecule has 0 fully saturated rings. The number of hydrogen-bond acceptors (Lipinski definition) is 5. The normalized spacial score (nSPS) is 14.3. The van der Waals surface area contributed by atoms with E-state index in [4.69, 9.17) is 5.73 Å². The highest BCUT2D eigenvalue weighted by atomic mass is 16.4. The first-order chi connectivity index (χ1) is 19.9. The maximum Gasteiger partial charge on any atom is 0.326 e.